The van der Waals surface area contributed by atoms with Gasteiger partial charge in [-0.15, -0.1) is 0 Å². The van der Waals surface area contributed by atoms with Crippen LogP contribution in [-0.2, 0) is 0 Å². The van der Waals surface area contributed by atoms with Crippen molar-refractivity contribution in [2.24, 2.45) is 0 Å². The highest BCUT2D eigenvalue weighted by Gasteiger charge is 2.30. The number of hydrogen-bond acceptors (Lipinski definition) is 6. The number of carbonyl (C=O) groups excluding carboxylic acids is 1. The van der Waals surface area contributed by atoms with E-state index >= 15 is 0 Å². The summed E-state index contributed by atoms with van der Waals surface area (Å²) in [5.74, 6) is -0.517. The molecule has 6 rings (SSSR count). The van der Waals surface area contributed by atoms with E-state index in [0.717, 1.165) is 50.9 Å². The largest absolute Gasteiger partial charge is 0.369 e. The molecule has 1 unspecified atom stereocenters. The molecule has 10 heteroatoms. The van der Waals surface area contributed by atoms with Gasteiger partial charge in [0.1, 0.15) is 23.1 Å². The van der Waals surface area contributed by atoms with Gasteiger partial charge in [-0.05, 0) is 74.3 Å². The molecule has 208 valence electrons. The number of rotatable bonds is 7. The molecular weight excluding hydrogens is 512 g/mol. The monoisotopic (exact) mass is 545 g/mol. The third-order valence-corrected chi connectivity index (χ3v) is 7.87. The second-order valence-corrected chi connectivity index (χ2v) is 10.5. The first kappa shape index (κ1) is 26.2. The van der Waals surface area contributed by atoms with Gasteiger partial charge >= 0.3 is 0 Å². The smallest absolute Gasteiger partial charge is 0.255 e. The van der Waals surface area contributed by atoms with Crippen molar-refractivity contribution in [2.45, 2.75) is 32.2 Å². The van der Waals surface area contributed by atoms with E-state index in [1.807, 2.05) is 35.2 Å². The molecule has 0 radical (unpaired) electrons. The quantitative estimate of drug-likeness (QED) is 0.347. The lowest BCUT2D eigenvalue weighted by molar-refractivity contribution is 0.102. The number of fused-ring (bicyclic) bond motifs is 1. The summed E-state index contributed by atoms with van der Waals surface area (Å²) < 4.78 is 30.1. The van der Waals surface area contributed by atoms with E-state index in [0.29, 0.717) is 41.2 Å². The number of benzene rings is 2. The molecule has 2 aromatic heterocycles. The lowest BCUT2D eigenvalue weighted by atomic mass is 10.0. The molecule has 4 heterocycles. The van der Waals surface area contributed by atoms with Gasteiger partial charge in [-0.25, -0.2) is 18.3 Å². The molecule has 1 amide bonds. The number of anilines is 3. The summed E-state index contributed by atoms with van der Waals surface area (Å²) in [7, 11) is 0. The molecule has 40 heavy (non-hydrogen) atoms. The summed E-state index contributed by atoms with van der Waals surface area (Å²) in [6, 6.07) is 12.7. The Kier molecular flexibility index (Phi) is 7.34. The minimum atomic E-state index is -0.463. The third kappa shape index (κ3) is 5.23. The second-order valence-electron chi connectivity index (χ2n) is 10.5. The van der Waals surface area contributed by atoms with Crippen molar-refractivity contribution in [2.75, 3.05) is 54.4 Å². The van der Waals surface area contributed by atoms with E-state index in [9.17, 15) is 13.6 Å². The van der Waals surface area contributed by atoms with E-state index in [-0.39, 0.29) is 11.9 Å². The lowest BCUT2D eigenvalue weighted by Gasteiger charge is -2.36. The van der Waals surface area contributed by atoms with Crippen molar-refractivity contribution < 1.29 is 13.6 Å². The SMILES string of the molecule is CCCN1CCN(c2ccc(C(=O)Nc3cnn4ccc(N5CCCC5c5cc(F)ccc5F)nc34)cc2)CC1. The van der Waals surface area contributed by atoms with Gasteiger partial charge in [-0.2, -0.15) is 5.10 Å². The van der Waals surface area contributed by atoms with Gasteiger partial charge in [-0.3, -0.25) is 9.69 Å². The molecule has 2 fully saturated rings. The number of piperazine rings is 1. The molecule has 1 atom stereocenters. The fraction of sp³-hybridized carbons (Fsp3) is 0.367. The Labute approximate surface area is 232 Å². The zero-order chi connectivity index (χ0) is 27.6. The van der Waals surface area contributed by atoms with Crippen LogP contribution >= 0.6 is 0 Å². The first-order valence-electron chi connectivity index (χ1n) is 13.9. The minimum absolute atomic E-state index is 0.248. The fourth-order valence-corrected chi connectivity index (χ4v) is 5.81. The van der Waals surface area contributed by atoms with Gasteiger partial charge < -0.3 is 15.1 Å². The third-order valence-electron chi connectivity index (χ3n) is 7.87. The van der Waals surface area contributed by atoms with Gasteiger partial charge in [-0.1, -0.05) is 6.92 Å². The fourth-order valence-electron chi connectivity index (χ4n) is 5.81. The number of amides is 1. The van der Waals surface area contributed by atoms with Crippen LogP contribution in [0.2, 0.25) is 0 Å². The average Bonchev–Trinajstić information content (AvgIpc) is 3.62. The number of carbonyl (C=O) groups is 1. The number of nitrogens with zero attached hydrogens (tertiary/aromatic N) is 6. The van der Waals surface area contributed by atoms with E-state index in [4.69, 9.17) is 4.98 Å². The van der Waals surface area contributed by atoms with Crippen molar-refractivity contribution in [3.05, 3.63) is 83.7 Å². The molecule has 2 saturated heterocycles. The second kappa shape index (κ2) is 11.2. The average molecular weight is 546 g/mol. The van der Waals surface area contributed by atoms with Crippen molar-refractivity contribution in [3.63, 3.8) is 0 Å². The zero-order valence-corrected chi connectivity index (χ0v) is 22.6. The molecule has 0 saturated carbocycles. The topological polar surface area (TPSA) is 69.0 Å². The van der Waals surface area contributed by atoms with Crippen LogP contribution in [0.25, 0.3) is 5.65 Å². The van der Waals surface area contributed by atoms with E-state index < -0.39 is 11.6 Å². The van der Waals surface area contributed by atoms with Gasteiger partial charge in [0.15, 0.2) is 5.65 Å². The Morgan fingerprint density at radius 2 is 1.82 bits per heavy atom. The lowest BCUT2D eigenvalue weighted by Crippen LogP contribution is -2.46. The standard InChI is InChI=1S/C30H33F2N7O/c1-2-12-36-15-17-37(18-16-36)23-8-5-21(6-9-23)30(40)34-26-20-33-39-14-11-28(35-29(26)39)38-13-3-4-27(38)24-19-22(31)7-10-25(24)32/h5-11,14,19-20,27H,2-4,12-13,15-18H2,1H3,(H,34,40). The van der Waals surface area contributed by atoms with Crippen molar-refractivity contribution >= 4 is 28.7 Å². The van der Waals surface area contributed by atoms with Crippen LogP contribution in [0.4, 0.5) is 26.0 Å². The number of halogens is 2. The van der Waals surface area contributed by atoms with Crippen LogP contribution in [0.15, 0.2) is 60.9 Å². The summed E-state index contributed by atoms with van der Waals surface area (Å²) in [6.45, 7) is 8.07. The maximum absolute atomic E-state index is 14.6. The Balaban J connectivity index is 1.17. The first-order valence-corrected chi connectivity index (χ1v) is 13.9. The number of aromatic nitrogens is 3. The summed E-state index contributed by atoms with van der Waals surface area (Å²) in [6.07, 6.45) is 6.03. The Hall–Kier alpha value is -4.05. The van der Waals surface area contributed by atoms with E-state index in [1.165, 1.54) is 18.6 Å². The summed E-state index contributed by atoms with van der Waals surface area (Å²) >= 11 is 0. The molecule has 2 aliphatic heterocycles. The summed E-state index contributed by atoms with van der Waals surface area (Å²) in [5, 5.41) is 7.28. The van der Waals surface area contributed by atoms with Gasteiger partial charge in [0, 0.05) is 55.7 Å². The molecule has 4 aromatic rings. The highest BCUT2D eigenvalue weighted by Crippen LogP contribution is 2.37. The van der Waals surface area contributed by atoms with Crippen LogP contribution in [0, 0.1) is 11.6 Å². The Morgan fingerprint density at radius 1 is 1.02 bits per heavy atom. The maximum atomic E-state index is 14.6. The Morgan fingerprint density at radius 3 is 2.60 bits per heavy atom. The maximum Gasteiger partial charge on any atom is 0.255 e. The van der Waals surface area contributed by atoms with E-state index in [1.54, 1.807) is 16.9 Å². The van der Waals surface area contributed by atoms with Crippen LogP contribution in [0.3, 0.4) is 0 Å². The summed E-state index contributed by atoms with van der Waals surface area (Å²) in [4.78, 5) is 24.7. The first-order chi connectivity index (χ1) is 19.5. The Bertz CT molecular complexity index is 1500. The van der Waals surface area contributed by atoms with Crippen LogP contribution in [-0.4, -0.2) is 64.7 Å². The van der Waals surface area contributed by atoms with Gasteiger partial charge in [0.05, 0.1) is 12.2 Å². The highest BCUT2D eigenvalue weighted by molar-refractivity contribution is 6.06. The van der Waals surface area contributed by atoms with Crippen LogP contribution in [0.1, 0.15) is 48.1 Å². The number of nitrogens with one attached hydrogen (secondary N) is 1. The number of hydrogen-bond donors (Lipinski definition) is 1. The molecule has 0 bridgehead atoms. The summed E-state index contributed by atoms with van der Waals surface area (Å²) in [5.41, 5.74) is 2.95. The van der Waals surface area contributed by atoms with Gasteiger partial charge in [0.2, 0.25) is 0 Å². The molecule has 2 aromatic carbocycles. The van der Waals surface area contributed by atoms with Crippen molar-refractivity contribution in [3.8, 4) is 0 Å². The zero-order valence-electron chi connectivity index (χ0n) is 22.6. The van der Waals surface area contributed by atoms with Crippen molar-refractivity contribution in [1.82, 2.24) is 19.5 Å². The molecule has 0 aliphatic carbocycles. The highest BCUT2D eigenvalue weighted by atomic mass is 19.1. The minimum Gasteiger partial charge on any atom is -0.369 e. The predicted molar refractivity (Wildman–Crippen MR) is 152 cm³/mol. The molecular formula is C30H33F2N7O. The normalized spacial score (nSPS) is 18.0. The molecule has 0 spiro atoms. The van der Waals surface area contributed by atoms with Gasteiger partial charge in [0.25, 0.3) is 5.91 Å². The van der Waals surface area contributed by atoms with E-state index in [2.05, 4.69) is 27.1 Å². The van der Waals surface area contributed by atoms with Crippen LogP contribution < -0.4 is 15.1 Å². The molecule has 1 N–H and O–H groups in total. The predicted octanol–water partition coefficient (Wildman–Crippen LogP) is 5.13. The van der Waals surface area contributed by atoms with Crippen LogP contribution in [0.5, 0.6) is 0 Å². The van der Waals surface area contributed by atoms with Crippen molar-refractivity contribution in [1.29, 1.82) is 0 Å². The molecule has 2 aliphatic rings. The molecule has 8 nitrogen and oxygen atoms in total.